The molecule has 0 aliphatic carbocycles. The number of nitrogens with zero attached hydrogens (tertiary/aromatic N) is 2. The molecule has 0 saturated heterocycles. The van der Waals surface area contributed by atoms with Crippen LogP contribution in [0, 0.1) is 0 Å². The Labute approximate surface area is 124 Å². The van der Waals surface area contributed by atoms with Crippen molar-refractivity contribution in [3.8, 4) is 11.4 Å². The van der Waals surface area contributed by atoms with Gasteiger partial charge in [-0.15, -0.1) is 0 Å². The number of rotatable bonds is 6. The number of benzene rings is 1. The molecule has 2 atom stereocenters. The quantitative estimate of drug-likeness (QED) is 0.878. The van der Waals surface area contributed by atoms with E-state index in [9.17, 15) is 0 Å². The molecule has 0 saturated carbocycles. The van der Waals surface area contributed by atoms with Crippen molar-refractivity contribution in [2.45, 2.75) is 39.2 Å². The van der Waals surface area contributed by atoms with Crippen LogP contribution in [0.15, 0.2) is 28.8 Å². The standard InChI is InChI=1S/C15H20ClN3O/c1-4-13(17-5-2)10(3)15-18-14(19-20-15)11-7-6-8-12(16)9-11/h6-10,13,17H,4-5H2,1-3H3. The van der Waals surface area contributed by atoms with E-state index in [-0.39, 0.29) is 5.92 Å². The first kappa shape index (κ1) is 15.0. The van der Waals surface area contributed by atoms with E-state index in [4.69, 9.17) is 16.1 Å². The molecule has 0 spiro atoms. The van der Waals surface area contributed by atoms with Crippen molar-refractivity contribution in [1.82, 2.24) is 15.5 Å². The maximum atomic E-state index is 5.98. The van der Waals surface area contributed by atoms with Crippen LogP contribution in [0.1, 0.15) is 39.0 Å². The maximum Gasteiger partial charge on any atom is 0.231 e. The average Bonchev–Trinajstić information content (AvgIpc) is 2.94. The van der Waals surface area contributed by atoms with Crippen LogP contribution in [0.2, 0.25) is 5.02 Å². The van der Waals surface area contributed by atoms with E-state index in [1.54, 1.807) is 0 Å². The van der Waals surface area contributed by atoms with Gasteiger partial charge in [-0.05, 0) is 25.1 Å². The molecule has 0 amide bonds. The number of hydrogen-bond acceptors (Lipinski definition) is 4. The molecule has 4 nitrogen and oxygen atoms in total. The van der Waals surface area contributed by atoms with Gasteiger partial charge in [0.15, 0.2) is 0 Å². The van der Waals surface area contributed by atoms with E-state index in [1.807, 2.05) is 24.3 Å². The van der Waals surface area contributed by atoms with Gasteiger partial charge in [-0.1, -0.05) is 49.7 Å². The first-order valence-corrected chi connectivity index (χ1v) is 7.36. The van der Waals surface area contributed by atoms with E-state index in [2.05, 4.69) is 36.2 Å². The number of hydrogen-bond donors (Lipinski definition) is 1. The lowest BCUT2D eigenvalue weighted by Crippen LogP contribution is -2.33. The largest absolute Gasteiger partial charge is 0.339 e. The van der Waals surface area contributed by atoms with Crippen LogP contribution in [0.4, 0.5) is 0 Å². The fraction of sp³-hybridized carbons (Fsp3) is 0.467. The lowest BCUT2D eigenvalue weighted by atomic mass is 9.99. The smallest absolute Gasteiger partial charge is 0.231 e. The minimum atomic E-state index is 0.181. The van der Waals surface area contributed by atoms with Crippen molar-refractivity contribution in [3.63, 3.8) is 0 Å². The second kappa shape index (κ2) is 6.86. The van der Waals surface area contributed by atoms with Crippen LogP contribution in [0.25, 0.3) is 11.4 Å². The molecule has 0 aliphatic rings. The Morgan fingerprint density at radius 2 is 2.15 bits per heavy atom. The first-order valence-electron chi connectivity index (χ1n) is 6.98. The van der Waals surface area contributed by atoms with Crippen LogP contribution in [0.5, 0.6) is 0 Å². The van der Waals surface area contributed by atoms with Crippen molar-refractivity contribution in [3.05, 3.63) is 35.2 Å². The lowest BCUT2D eigenvalue weighted by molar-refractivity contribution is 0.321. The number of aromatic nitrogens is 2. The van der Waals surface area contributed by atoms with E-state index in [0.717, 1.165) is 18.5 Å². The third-order valence-corrected chi connectivity index (χ3v) is 3.66. The fourth-order valence-electron chi connectivity index (χ4n) is 2.27. The highest BCUT2D eigenvalue weighted by Crippen LogP contribution is 2.24. The predicted molar refractivity (Wildman–Crippen MR) is 80.9 cm³/mol. The van der Waals surface area contributed by atoms with E-state index >= 15 is 0 Å². The van der Waals surface area contributed by atoms with E-state index < -0.39 is 0 Å². The molecule has 108 valence electrons. The number of likely N-dealkylation sites (N-methyl/N-ethyl adjacent to an activating group) is 1. The second-order valence-corrected chi connectivity index (χ2v) is 5.26. The number of nitrogens with one attached hydrogen (secondary N) is 1. The van der Waals surface area contributed by atoms with Gasteiger partial charge in [-0.3, -0.25) is 0 Å². The van der Waals surface area contributed by atoms with Gasteiger partial charge in [0, 0.05) is 16.6 Å². The number of halogens is 1. The summed E-state index contributed by atoms with van der Waals surface area (Å²) >= 11 is 5.98. The maximum absolute atomic E-state index is 5.98. The monoisotopic (exact) mass is 293 g/mol. The summed E-state index contributed by atoms with van der Waals surface area (Å²) in [7, 11) is 0. The van der Waals surface area contributed by atoms with Crippen molar-refractivity contribution in [2.75, 3.05) is 6.54 Å². The molecule has 5 heteroatoms. The zero-order valence-electron chi connectivity index (χ0n) is 12.1. The van der Waals surface area contributed by atoms with Gasteiger partial charge in [-0.25, -0.2) is 0 Å². The van der Waals surface area contributed by atoms with Gasteiger partial charge in [0.1, 0.15) is 0 Å². The van der Waals surface area contributed by atoms with Gasteiger partial charge in [0.2, 0.25) is 11.7 Å². The zero-order chi connectivity index (χ0) is 14.5. The van der Waals surface area contributed by atoms with Crippen LogP contribution in [-0.2, 0) is 0 Å². The Balaban J connectivity index is 2.20. The fourth-order valence-corrected chi connectivity index (χ4v) is 2.46. The van der Waals surface area contributed by atoms with Gasteiger partial charge < -0.3 is 9.84 Å². The average molecular weight is 294 g/mol. The molecule has 2 unspecified atom stereocenters. The summed E-state index contributed by atoms with van der Waals surface area (Å²) in [5, 5.41) is 8.16. The SMILES string of the molecule is CCNC(CC)C(C)c1nc(-c2cccc(Cl)c2)no1. The summed E-state index contributed by atoms with van der Waals surface area (Å²) in [4.78, 5) is 4.50. The summed E-state index contributed by atoms with van der Waals surface area (Å²) in [6.45, 7) is 7.28. The molecular weight excluding hydrogens is 274 g/mol. The summed E-state index contributed by atoms with van der Waals surface area (Å²) in [6.07, 6.45) is 1.02. The highest BCUT2D eigenvalue weighted by molar-refractivity contribution is 6.30. The molecule has 0 bridgehead atoms. The summed E-state index contributed by atoms with van der Waals surface area (Å²) < 4.78 is 5.41. The molecule has 2 aromatic rings. The van der Waals surface area contributed by atoms with E-state index in [1.165, 1.54) is 0 Å². The Kier molecular flexibility index (Phi) is 5.15. The summed E-state index contributed by atoms with van der Waals surface area (Å²) in [5.74, 6) is 1.42. The molecule has 0 fully saturated rings. The molecule has 2 rings (SSSR count). The van der Waals surface area contributed by atoms with Gasteiger partial charge in [0.05, 0.1) is 5.92 Å². The van der Waals surface area contributed by atoms with Crippen molar-refractivity contribution in [1.29, 1.82) is 0 Å². The second-order valence-electron chi connectivity index (χ2n) is 4.83. The minimum absolute atomic E-state index is 0.181. The van der Waals surface area contributed by atoms with Crippen LogP contribution in [-0.4, -0.2) is 22.7 Å². The zero-order valence-corrected chi connectivity index (χ0v) is 12.8. The molecule has 0 radical (unpaired) electrons. The van der Waals surface area contributed by atoms with Gasteiger partial charge >= 0.3 is 0 Å². The Morgan fingerprint density at radius 3 is 2.80 bits per heavy atom. The van der Waals surface area contributed by atoms with Gasteiger partial charge in [0.25, 0.3) is 0 Å². The highest BCUT2D eigenvalue weighted by atomic mass is 35.5. The van der Waals surface area contributed by atoms with Crippen LogP contribution in [0.3, 0.4) is 0 Å². The molecule has 20 heavy (non-hydrogen) atoms. The molecular formula is C15H20ClN3O. The topological polar surface area (TPSA) is 51.0 Å². The predicted octanol–water partition coefficient (Wildman–Crippen LogP) is 3.88. The first-order chi connectivity index (χ1) is 9.65. The molecule has 1 aromatic carbocycles. The normalized spacial score (nSPS) is 14.2. The van der Waals surface area contributed by atoms with Crippen LogP contribution < -0.4 is 5.32 Å². The molecule has 1 N–H and O–H groups in total. The van der Waals surface area contributed by atoms with Crippen molar-refractivity contribution in [2.24, 2.45) is 0 Å². The highest BCUT2D eigenvalue weighted by Gasteiger charge is 2.22. The van der Waals surface area contributed by atoms with Crippen LogP contribution >= 0.6 is 11.6 Å². The third-order valence-electron chi connectivity index (χ3n) is 3.42. The Morgan fingerprint density at radius 1 is 1.35 bits per heavy atom. The Bertz CT molecular complexity index is 556. The van der Waals surface area contributed by atoms with Crippen molar-refractivity contribution >= 4 is 11.6 Å². The molecule has 1 heterocycles. The molecule has 1 aromatic heterocycles. The van der Waals surface area contributed by atoms with Crippen molar-refractivity contribution < 1.29 is 4.52 Å². The lowest BCUT2D eigenvalue weighted by Gasteiger charge is -2.20. The van der Waals surface area contributed by atoms with Gasteiger partial charge in [-0.2, -0.15) is 4.98 Å². The molecule has 0 aliphatic heterocycles. The Hall–Kier alpha value is -1.39. The minimum Gasteiger partial charge on any atom is -0.339 e. The van der Waals surface area contributed by atoms with E-state index in [0.29, 0.717) is 22.8 Å². The summed E-state index contributed by atoms with van der Waals surface area (Å²) in [5.41, 5.74) is 0.871. The third kappa shape index (κ3) is 3.38. The summed E-state index contributed by atoms with van der Waals surface area (Å²) in [6, 6.07) is 7.81.